The van der Waals surface area contributed by atoms with E-state index < -0.39 is 0 Å². The summed E-state index contributed by atoms with van der Waals surface area (Å²) in [5.74, 6) is 2.34. The summed E-state index contributed by atoms with van der Waals surface area (Å²) < 4.78 is 29.9. The highest BCUT2D eigenvalue weighted by Gasteiger charge is 2.14. The van der Waals surface area contributed by atoms with Crippen LogP contribution in [-0.2, 0) is 4.79 Å². The minimum Gasteiger partial charge on any atom is -0.493 e. The number of aromatic nitrogens is 1. The number of fused-ring (bicyclic) bond motifs is 1. The summed E-state index contributed by atoms with van der Waals surface area (Å²) in [4.78, 5) is 25.5. The van der Waals surface area contributed by atoms with Gasteiger partial charge in [-0.2, -0.15) is 5.06 Å². The second-order valence-corrected chi connectivity index (χ2v) is 9.82. The average Bonchev–Trinajstić information content (AvgIpc) is 2.99. The van der Waals surface area contributed by atoms with Gasteiger partial charge < -0.3 is 29.7 Å². The Balaban J connectivity index is 0.000000404. The third kappa shape index (κ3) is 9.09. The van der Waals surface area contributed by atoms with Gasteiger partial charge in [0.05, 0.1) is 25.4 Å². The monoisotopic (exact) mass is 621 g/mol. The molecule has 1 amide bonds. The molecular weight excluding hydrogens is 585 g/mol. The first-order chi connectivity index (χ1) is 21.1. The Morgan fingerprint density at radius 2 is 1.77 bits per heavy atom. The van der Waals surface area contributed by atoms with Crippen LogP contribution in [0.25, 0.3) is 10.9 Å². The molecule has 0 radical (unpaired) electrons. The van der Waals surface area contributed by atoms with E-state index in [0.29, 0.717) is 51.9 Å². The number of nitrogens with one attached hydrogen (secondary N) is 2. The van der Waals surface area contributed by atoms with Gasteiger partial charge in [-0.3, -0.25) is 14.8 Å². The molecule has 0 aliphatic carbocycles. The highest BCUT2D eigenvalue weighted by atomic mass is 32.1. The van der Waals surface area contributed by atoms with Crippen LogP contribution in [0.2, 0.25) is 0 Å². The van der Waals surface area contributed by atoms with E-state index in [0.717, 1.165) is 10.9 Å². The Bertz CT molecular complexity index is 1630. The summed E-state index contributed by atoms with van der Waals surface area (Å²) in [7, 11) is 8.29. The Hall–Kier alpha value is -4.81. The Labute approximate surface area is 261 Å². The number of pyridine rings is 1. The van der Waals surface area contributed by atoms with Gasteiger partial charge in [0.25, 0.3) is 0 Å². The van der Waals surface area contributed by atoms with Crippen LogP contribution in [0.5, 0.6) is 28.7 Å². The van der Waals surface area contributed by atoms with E-state index in [1.54, 1.807) is 84.9 Å². The van der Waals surface area contributed by atoms with Gasteiger partial charge in [-0.25, -0.2) is 4.39 Å². The summed E-state index contributed by atoms with van der Waals surface area (Å²) in [6.45, 7) is 3.61. The summed E-state index contributed by atoms with van der Waals surface area (Å²) in [5.41, 5.74) is 2.76. The molecule has 0 aliphatic rings. The first-order valence-electron chi connectivity index (χ1n) is 13.6. The van der Waals surface area contributed by atoms with E-state index in [1.807, 2.05) is 19.1 Å². The van der Waals surface area contributed by atoms with Crippen LogP contribution in [0.1, 0.15) is 24.5 Å². The molecule has 0 spiro atoms. The minimum atomic E-state index is -0.212. The smallest absolute Gasteiger partial charge is 0.225 e. The number of rotatable bonds is 9. The molecular formula is C32H36FN5O5S. The molecule has 0 fully saturated rings. The highest BCUT2D eigenvalue weighted by molar-refractivity contribution is 7.80. The molecule has 12 heteroatoms. The van der Waals surface area contributed by atoms with Crippen LogP contribution in [0.15, 0.2) is 65.8 Å². The Kier molecular flexibility index (Phi) is 12.4. The summed E-state index contributed by atoms with van der Waals surface area (Å²) in [5, 5.41) is 8.07. The highest BCUT2D eigenvalue weighted by Crippen LogP contribution is 2.38. The molecule has 44 heavy (non-hydrogen) atoms. The van der Waals surface area contributed by atoms with Crippen molar-refractivity contribution < 1.29 is 28.2 Å². The summed E-state index contributed by atoms with van der Waals surface area (Å²) in [6, 6.07) is 15.6. The zero-order valence-electron chi connectivity index (χ0n) is 25.7. The lowest BCUT2D eigenvalue weighted by Crippen LogP contribution is -2.33. The molecule has 0 atom stereocenters. The van der Waals surface area contributed by atoms with Crippen molar-refractivity contribution in [3.05, 3.63) is 77.7 Å². The summed E-state index contributed by atoms with van der Waals surface area (Å²) >= 11 is 5.21. The molecule has 0 bridgehead atoms. The zero-order valence-corrected chi connectivity index (χ0v) is 26.5. The number of aliphatic imine (C=N–C) groups is 1. The fourth-order valence-electron chi connectivity index (χ4n) is 3.91. The van der Waals surface area contributed by atoms with Crippen molar-refractivity contribution in [1.82, 2.24) is 15.4 Å². The van der Waals surface area contributed by atoms with Crippen LogP contribution < -0.4 is 29.7 Å². The average molecular weight is 622 g/mol. The van der Waals surface area contributed by atoms with Crippen molar-refractivity contribution in [2.75, 3.05) is 40.7 Å². The largest absolute Gasteiger partial charge is 0.493 e. The molecule has 0 unspecified atom stereocenters. The van der Waals surface area contributed by atoms with Gasteiger partial charge in [0.1, 0.15) is 17.3 Å². The van der Waals surface area contributed by atoms with Crippen molar-refractivity contribution in [3.8, 4) is 28.7 Å². The molecule has 0 aliphatic heterocycles. The maximum Gasteiger partial charge on any atom is 0.225 e. The third-order valence-electron chi connectivity index (χ3n) is 6.02. The zero-order chi connectivity index (χ0) is 32.2. The normalized spacial score (nSPS) is 10.7. The maximum atomic E-state index is 12.9. The molecule has 3 aromatic carbocycles. The second-order valence-electron chi connectivity index (χ2n) is 9.41. The number of benzene rings is 3. The molecule has 0 saturated heterocycles. The summed E-state index contributed by atoms with van der Waals surface area (Å²) in [6.07, 6.45) is 3.52. The van der Waals surface area contributed by atoms with Gasteiger partial charge in [-0.05, 0) is 55.0 Å². The molecule has 10 nitrogen and oxygen atoms in total. The molecule has 2 N–H and O–H groups in total. The van der Waals surface area contributed by atoms with Crippen molar-refractivity contribution in [2.24, 2.45) is 4.99 Å². The topological polar surface area (TPSA) is 107 Å². The standard InChI is InChI=1S/C23H26N4O5S.C9H10FN/c1-6-22(28)26-23(33)25-16-8-7-14(11-19(16)32-27(2)3)31-18-9-10-24-17-13-21(30-5)20(29-4)12-15(17)18;1-7-4-3-5-9(10)8(7)6-11-2/h7-13H,6H2,1-5H3,(H2,25,26,28,33);3-6H,1-2H3. The number of ether oxygens (including phenoxy) is 3. The van der Waals surface area contributed by atoms with Gasteiger partial charge in [0.2, 0.25) is 5.91 Å². The SMILES string of the molecule is CCC(=O)NC(=S)Nc1ccc(Oc2ccnc3cc(OC)c(OC)cc23)cc1ON(C)C.CN=Cc1c(C)cccc1F. The number of hydroxylamine groups is 2. The van der Waals surface area contributed by atoms with Crippen molar-refractivity contribution in [3.63, 3.8) is 0 Å². The van der Waals surface area contributed by atoms with E-state index >= 15 is 0 Å². The number of amides is 1. The van der Waals surface area contributed by atoms with Gasteiger partial charge >= 0.3 is 0 Å². The molecule has 0 saturated carbocycles. The lowest BCUT2D eigenvalue weighted by atomic mass is 10.1. The van der Waals surface area contributed by atoms with Gasteiger partial charge in [0, 0.05) is 63.1 Å². The number of hydrogen-bond donors (Lipinski definition) is 2. The first kappa shape index (κ1) is 33.7. The number of nitrogens with zero attached hydrogens (tertiary/aromatic N) is 3. The molecule has 232 valence electrons. The third-order valence-corrected chi connectivity index (χ3v) is 6.22. The lowest BCUT2D eigenvalue weighted by Gasteiger charge is -2.18. The van der Waals surface area contributed by atoms with Crippen molar-refractivity contribution >= 4 is 46.0 Å². The number of thiocarbonyl (C=S) groups is 1. The van der Waals surface area contributed by atoms with Crippen LogP contribution in [-0.4, -0.2) is 62.6 Å². The minimum absolute atomic E-state index is 0.181. The van der Waals surface area contributed by atoms with E-state index in [-0.39, 0.29) is 16.8 Å². The van der Waals surface area contributed by atoms with E-state index in [4.69, 9.17) is 31.3 Å². The van der Waals surface area contributed by atoms with Crippen LogP contribution in [0.3, 0.4) is 0 Å². The van der Waals surface area contributed by atoms with Gasteiger partial charge in [-0.15, -0.1) is 0 Å². The quantitative estimate of drug-likeness (QED) is 0.126. The number of carbonyl (C=O) groups excluding carboxylic acids is 1. The van der Waals surface area contributed by atoms with E-state index in [9.17, 15) is 9.18 Å². The van der Waals surface area contributed by atoms with Crippen molar-refractivity contribution in [1.29, 1.82) is 0 Å². The van der Waals surface area contributed by atoms with Gasteiger partial charge in [0.15, 0.2) is 22.4 Å². The Morgan fingerprint density at radius 3 is 2.41 bits per heavy atom. The van der Waals surface area contributed by atoms with E-state index in [1.165, 1.54) is 17.3 Å². The number of carbonyl (C=O) groups is 1. The first-order valence-corrected chi connectivity index (χ1v) is 14.0. The lowest BCUT2D eigenvalue weighted by molar-refractivity contribution is -0.119. The number of anilines is 1. The van der Waals surface area contributed by atoms with E-state index in [2.05, 4.69) is 20.6 Å². The fraction of sp³-hybridized carbons (Fsp3) is 0.250. The fourth-order valence-corrected chi connectivity index (χ4v) is 4.13. The van der Waals surface area contributed by atoms with Crippen LogP contribution in [0.4, 0.5) is 10.1 Å². The second kappa shape index (κ2) is 16.1. The Morgan fingerprint density at radius 1 is 1.05 bits per heavy atom. The number of methoxy groups -OCH3 is 2. The number of halogens is 1. The number of aryl methyl sites for hydroxylation is 1. The predicted octanol–water partition coefficient (Wildman–Crippen LogP) is 6.31. The number of hydrogen-bond acceptors (Lipinski definition) is 9. The van der Waals surface area contributed by atoms with Crippen LogP contribution >= 0.6 is 12.2 Å². The molecule has 4 aromatic rings. The molecule has 1 aromatic heterocycles. The van der Waals surface area contributed by atoms with Crippen molar-refractivity contribution in [2.45, 2.75) is 20.3 Å². The maximum absolute atomic E-state index is 12.9. The van der Waals surface area contributed by atoms with Crippen LogP contribution in [0, 0.1) is 12.7 Å². The molecule has 1 heterocycles. The molecule has 4 rings (SSSR count). The van der Waals surface area contributed by atoms with Gasteiger partial charge in [-0.1, -0.05) is 19.1 Å². The predicted molar refractivity (Wildman–Crippen MR) is 175 cm³/mol.